The molecule has 4 heterocycles. The minimum atomic E-state index is -0.276. The number of hydrogen-bond acceptors (Lipinski definition) is 10. The second-order valence-electron chi connectivity index (χ2n) is 11.8. The summed E-state index contributed by atoms with van der Waals surface area (Å²) in [5, 5.41) is 9.80. The summed E-state index contributed by atoms with van der Waals surface area (Å²) in [6.45, 7) is 9.83. The molecule has 11 nitrogen and oxygen atoms in total. The number of ether oxygens (including phenoxy) is 3. The summed E-state index contributed by atoms with van der Waals surface area (Å²) in [7, 11) is 3.72. The Morgan fingerprint density at radius 1 is 0.875 bits per heavy atom. The third-order valence-corrected chi connectivity index (χ3v) is 8.59. The van der Waals surface area contributed by atoms with E-state index in [1.54, 1.807) is 18.1 Å². The topological polar surface area (TPSA) is 107 Å². The largest absolute Gasteiger partial charge is 0.467 e. The minimum absolute atomic E-state index is 0.276. The van der Waals surface area contributed by atoms with Crippen LogP contribution in [0.4, 0.5) is 16.3 Å². The molecule has 2 fully saturated rings. The van der Waals surface area contributed by atoms with E-state index in [1.165, 1.54) is 28.9 Å². The number of carbonyl (C=O) groups excluding carboxylic acids is 1. The number of hydrogen-bond donors (Lipinski definition) is 0. The Morgan fingerprint density at radius 2 is 1.56 bits per heavy atom. The van der Waals surface area contributed by atoms with E-state index in [-0.39, 0.29) is 12.7 Å². The summed E-state index contributed by atoms with van der Waals surface area (Å²) in [5.74, 6) is 0.918. The van der Waals surface area contributed by atoms with Gasteiger partial charge in [-0.1, -0.05) is 66.7 Å². The summed E-state index contributed by atoms with van der Waals surface area (Å²) in [6.07, 6.45) is 0.568. The van der Waals surface area contributed by atoms with Crippen molar-refractivity contribution in [1.82, 2.24) is 19.8 Å². The van der Waals surface area contributed by atoms with Crippen molar-refractivity contribution in [3.63, 3.8) is 0 Å². The standard InChI is InChI=1S/C30H31N5O3.C5H11NO.C2H3N/c1-37-29-31-26-20-35(27-13-7-11-23-10-5-6-12-24(23)27)15-14-25(26)28(32-29)33-16-18-34(19-17-33)30(36)38-21-22-8-3-2-4-9-22;1-6-2-4-7-5-3-6;1-2-3/h2-13H,14-21H2,1H3;2-5H2,1H3;1H3. The lowest BCUT2D eigenvalue weighted by molar-refractivity contribution is 0.0503. The lowest BCUT2D eigenvalue weighted by Crippen LogP contribution is -2.49. The smallest absolute Gasteiger partial charge is 0.410 e. The van der Waals surface area contributed by atoms with Crippen LogP contribution in [0.25, 0.3) is 10.8 Å². The van der Waals surface area contributed by atoms with Crippen LogP contribution < -0.4 is 14.5 Å². The van der Waals surface area contributed by atoms with Crippen LogP contribution in [0.2, 0.25) is 0 Å². The second kappa shape index (κ2) is 17.3. The fourth-order valence-electron chi connectivity index (χ4n) is 6.00. The van der Waals surface area contributed by atoms with Crippen molar-refractivity contribution >= 4 is 28.4 Å². The molecule has 2 saturated heterocycles. The summed E-state index contributed by atoms with van der Waals surface area (Å²) < 4.78 is 16.1. The highest BCUT2D eigenvalue weighted by molar-refractivity contribution is 5.94. The number of morpholine rings is 1. The zero-order chi connectivity index (χ0) is 33.7. The first-order valence-corrected chi connectivity index (χ1v) is 16.4. The monoisotopic (exact) mass is 651 g/mol. The fraction of sp³-hybridized carbons (Fsp3) is 0.405. The van der Waals surface area contributed by atoms with Crippen LogP contribution in [0, 0.1) is 11.3 Å². The highest BCUT2D eigenvalue weighted by Gasteiger charge is 2.29. The van der Waals surface area contributed by atoms with Crippen molar-refractivity contribution in [2.75, 3.05) is 83.0 Å². The van der Waals surface area contributed by atoms with E-state index in [0.29, 0.717) is 38.7 Å². The molecule has 0 spiro atoms. The van der Waals surface area contributed by atoms with E-state index in [4.69, 9.17) is 29.4 Å². The van der Waals surface area contributed by atoms with Gasteiger partial charge in [-0.05, 0) is 30.5 Å². The van der Waals surface area contributed by atoms with Crippen molar-refractivity contribution in [2.45, 2.75) is 26.5 Å². The molecule has 0 atom stereocenters. The SMILES string of the molecule is CC#N.CN1CCOCC1.COc1nc2c(c(N3CCN(C(=O)OCc4ccccc4)CC3)n1)CCN(c1cccc3ccccc13)C2. The maximum atomic E-state index is 12.6. The van der Waals surface area contributed by atoms with E-state index in [0.717, 1.165) is 56.3 Å². The summed E-state index contributed by atoms with van der Waals surface area (Å²) in [4.78, 5) is 30.8. The molecule has 1 amide bonds. The van der Waals surface area contributed by atoms with Gasteiger partial charge < -0.3 is 33.8 Å². The van der Waals surface area contributed by atoms with Gasteiger partial charge in [0, 0.05) is 69.4 Å². The number of aromatic nitrogens is 2. The first-order chi connectivity index (χ1) is 23.5. The van der Waals surface area contributed by atoms with Crippen LogP contribution in [-0.4, -0.2) is 99.0 Å². The molecular weight excluding hydrogens is 606 g/mol. The number of nitriles is 1. The van der Waals surface area contributed by atoms with Gasteiger partial charge >= 0.3 is 12.1 Å². The summed E-state index contributed by atoms with van der Waals surface area (Å²) in [5.41, 5.74) is 4.37. The molecule has 0 unspecified atom stereocenters. The Balaban J connectivity index is 0.000000391. The number of likely N-dealkylation sites (N-methyl/N-ethyl adjacent to an activating group) is 1. The van der Waals surface area contributed by atoms with Crippen LogP contribution in [0.5, 0.6) is 6.01 Å². The van der Waals surface area contributed by atoms with Crippen molar-refractivity contribution in [1.29, 1.82) is 5.26 Å². The Morgan fingerprint density at radius 3 is 2.25 bits per heavy atom. The van der Waals surface area contributed by atoms with Gasteiger partial charge in [-0.15, -0.1) is 0 Å². The van der Waals surface area contributed by atoms with Gasteiger partial charge in [-0.3, -0.25) is 0 Å². The molecule has 11 heteroatoms. The quantitative estimate of drug-likeness (QED) is 0.288. The summed E-state index contributed by atoms with van der Waals surface area (Å²) >= 11 is 0. The average molecular weight is 652 g/mol. The number of rotatable bonds is 5. The number of benzene rings is 3. The van der Waals surface area contributed by atoms with E-state index >= 15 is 0 Å². The zero-order valence-corrected chi connectivity index (χ0v) is 28.2. The van der Waals surface area contributed by atoms with Crippen LogP contribution in [0.1, 0.15) is 23.7 Å². The van der Waals surface area contributed by atoms with Gasteiger partial charge in [-0.25, -0.2) is 4.79 Å². The van der Waals surface area contributed by atoms with E-state index in [9.17, 15) is 4.79 Å². The van der Waals surface area contributed by atoms with E-state index < -0.39 is 0 Å². The third-order valence-electron chi connectivity index (χ3n) is 8.59. The minimum Gasteiger partial charge on any atom is -0.467 e. The van der Waals surface area contributed by atoms with Crippen molar-refractivity contribution in [3.8, 4) is 12.1 Å². The molecule has 7 rings (SSSR count). The van der Waals surface area contributed by atoms with Gasteiger partial charge in [0.05, 0.1) is 38.6 Å². The predicted molar refractivity (Wildman–Crippen MR) is 187 cm³/mol. The molecule has 3 aromatic carbocycles. The highest BCUT2D eigenvalue weighted by atomic mass is 16.6. The zero-order valence-electron chi connectivity index (χ0n) is 28.2. The van der Waals surface area contributed by atoms with Crippen LogP contribution >= 0.6 is 0 Å². The first-order valence-electron chi connectivity index (χ1n) is 16.4. The fourth-order valence-corrected chi connectivity index (χ4v) is 6.00. The third kappa shape index (κ3) is 8.91. The molecule has 0 N–H and O–H groups in total. The number of amides is 1. The van der Waals surface area contributed by atoms with Crippen molar-refractivity contribution in [3.05, 3.63) is 89.6 Å². The Kier molecular flexibility index (Phi) is 12.4. The molecule has 0 bridgehead atoms. The second-order valence-corrected chi connectivity index (χ2v) is 11.8. The van der Waals surface area contributed by atoms with Gasteiger partial charge in [0.2, 0.25) is 0 Å². The lowest BCUT2D eigenvalue weighted by Gasteiger charge is -2.37. The van der Waals surface area contributed by atoms with Crippen LogP contribution in [0.15, 0.2) is 72.8 Å². The lowest BCUT2D eigenvalue weighted by atomic mass is 10.0. The van der Waals surface area contributed by atoms with Crippen LogP contribution in [-0.2, 0) is 29.0 Å². The van der Waals surface area contributed by atoms with E-state index in [2.05, 4.69) is 64.2 Å². The first kappa shape index (κ1) is 34.4. The molecule has 0 saturated carbocycles. The predicted octanol–water partition coefficient (Wildman–Crippen LogP) is 5.14. The number of fused-ring (bicyclic) bond motifs is 2. The molecule has 1 aromatic heterocycles. The van der Waals surface area contributed by atoms with Gasteiger partial charge in [0.15, 0.2) is 0 Å². The molecule has 0 radical (unpaired) electrons. The highest BCUT2D eigenvalue weighted by Crippen LogP contribution is 2.34. The Bertz CT molecular complexity index is 1660. The average Bonchev–Trinajstić information content (AvgIpc) is 3.14. The van der Waals surface area contributed by atoms with Gasteiger partial charge in [-0.2, -0.15) is 15.2 Å². The van der Waals surface area contributed by atoms with Crippen molar-refractivity contribution < 1.29 is 19.0 Å². The summed E-state index contributed by atoms with van der Waals surface area (Å²) in [6, 6.07) is 26.8. The number of carbonyl (C=O) groups is 1. The number of piperazine rings is 1. The Hall–Kier alpha value is -4.92. The number of nitrogens with zero attached hydrogens (tertiary/aromatic N) is 7. The Labute approximate surface area is 283 Å². The normalized spacial score (nSPS) is 16.0. The molecule has 48 heavy (non-hydrogen) atoms. The maximum absolute atomic E-state index is 12.6. The molecular formula is C37H45N7O4. The maximum Gasteiger partial charge on any atom is 0.410 e. The van der Waals surface area contributed by atoms with Gasteiger partial charge in [0.1, 0.15) is 12.4 Å². The molecule has 252 valence electrons. The van der Waals surface area contributed by atoms with E-state index in [1.807, 2.05) is 30.3 Å². The van der Waals surface area contributed by atoms with Crippen molar-refractivity contribution in [2.24, 2.45) is 0 Å². The molecule has 3 aliphatic heterocycles. The molecule has 4 aromatic rings. The number of anilines is 2. The molecule has 0 aliphatic carbocycles. The van der Waals surface area contributed by atoms with Crippen LogP contribution in [0.3, 0.4) is 0 Å². The number of methoxy groups -OCH3 is 1. The van der Waals surface area contributed by atoms with Gasteiger partial charge in [0.25, 0.3) is 0 Å². The molecule has 3 aliphatic rings.